The number of halogens is 1. The van der Waals surface area contributed by atoms with Gasteiger partial charge in [0.15, 0.2) is 5.82 Å². The van der Waals surface area contributed by atoms with Crippen molar-refractivity contribution in [2.24, 2.45) is 0 Å². The Kier molecular flexibility index (Phi) is 10.8. The number of carbonyl (C=O) groups is 3. The normalized spacial score (nSPS) is 15.3. The summed E-state index contributed by atoms with van der Waals surface area (Å²) < 4.78 is 33.5. The monoisotopic (exact) mass is 710 g/mol. The van der Waals surface area contributed by atoms with Crippen LogP contribution in [0.25, 0.3) is 27.7 Å². The van der Waals surface area contributed by atoms with Crippen molar-refractivity contribution in [3.05, 3.63) is 52.0 Å². The number of nitrogens with zero attached hydrogens (tertiary/aromatic N) is 5. The molecule has 0 spiro atoms. The molecule has 0 bridgehead atoms. The van der Waals surface area contributed by atoms with Crippen molar-refractivity contribution in [1.82, 2.24) is 20.1 Å². The summed E-state index contributed by atoms with van der Waals surface area (Å²) in [5, 5.41) is 19.4. The first-order valence-corrected chi connectivity index (χ1v) is 16.8. The van der Waals surface area contributed by atoms with E-state index in [2.05, 4.69) is 10.3 Å². The van der Waals surface area contributed by atoms with Gasteiger partial charge in [-0.15, -0.1) is 0 Å². The van der Waals surface area contributed by atoms with E-state index in [1.54, 1.807) is 67.0 Å². The lowest BCUT2D eigenvalue weighted by atomic mass is 9.90. The van der Waals surface area contributed by atoms with E-state index in [4.69, 9.17) is 19.3 Å². The van der Waals surface area contributed by atoms with Gasteiger partial charge in [-0.05, 0) is 113 Å². The fourth-order valence-corrected chi connectivity index (χ4v) is 5.48. The number of benzene rings is 1. The Morgan fingerprint density at radius 3 is 2.06 bits per heavy atom. The lowest BCUT2D eigenvalue weighted by molar-refractivity contribution is -0.387. The second-order valence-electron chi connectivity index (χ2n) is 15.7. The van der Waals surface area contributed by atoms with Gasteiger partial charge in [-0.3, -0.25) is 14.8 Å². The molecule has 0 saturated heterocycles. The molecule has 15 heteroatoms. The van der Waals surface area contributed by atoms with Gasteiger partial charge in [-0.25, -0.2) is 19.4 Å². The number of rotatable bonds is 6. The van der Waals surface area contributed by atoms with E-state index in [-0.39, 0.29) is 34.5 Å². The predicted molar refractivity (Wildman–Crippen MR) is 190 cm³/mol. The zero-order valence-corrected chi connectivity index (χ0v) is 31.0. The number of carbonyl (C=O) groups excluding carboxylic acids is 3. The number of amides is 3. The van der Waals surface area contributed by atoms with Gasteiger partial charge >= 0.3 is 24.0 Å². The van der Waals surface area contributed by atoms with Gasteiger partial charge in [0.05, 0.1) is 15.8 Å². The van der Waals surface area contributed by atoms with Crippen molar-refractivity contribution in [3.8, 4) is 11.3 Å². The van der Waals surface area contributed by atoms with E-state index in [0.29, 0.717) is 35.2 Å². The van der Waals surface area contributed by atoms with E-state index >= 15 is 4.39 Å². The SMILES string of the molecule is CC(C)n1nc(-c2ccc([N+](=O)[O-])c(F)c2)c2c(N(C(=O)OC(C)(C)C)C(=O)OC(C)(C)C)ncc(C3=CCC(NC(=O)OC(C)(C)C)CC3)c21. The minimum atomic E-state index is -1.09. The molecule has 1 aliphatic carbocycles. The van der Waals surface area contributed by atoms with Crippen molar-refractivity contribution < 1.29 is 37.9 Å². The first-order valence-electron chi connectivity index (χ1n) is 16.8. The molecular formula is C36H47FN6O8. The van der Waals surface area contributed by atoms with Crippen LogP contribution in [0.15, 0.2) is 30.5 Å². The first kappa shape index (κ1) is 38.7. The zero-order chi connectivity index (χ0) is 38.2. The molecule has 1 N–H and O–H groups in total. The molecule has 1 unspecified atom stereocenters. The maximum Gasteiger partial charge on any atom is 0.425 e. The average Bonchev–Trinajstić information content (AvgIpc) is 3.36. The lowest BCUT2D eigenvalue weighted by Crippen LogP contribution is -2.44. The standard InChI is InChI=1S/C36H47FN6O8/c1-20(2)42-29-24(21-12-15-23(16-13-21)39-31(44)49-34(3,4)5)19-38-30(41(32(45)50-35(6,7)8)33(46)51-36(9,10)11)27(29)28(40-42)22-14-17-26(43(47)48)25(37)18-22/h12,14,17-20,23H,13,15-16H2,1-11H3,(H,39,44). The van der Waals surface area contributed by atoms with Crippen LogP contribution in [0.5, 0.6) is 0 Å². The summed E-state index contributed by atoms with van der Waals surface area (Å²) in [7, 11) is 0. The van der Waals surface area contributed by atoms with Gasteiger partial charge < -0.3 is 19.5 Å². The maximum atomic E-state index is 15.1. The summed E-state index contributed by atoms with van der Waals surface area (Å²) in [6.45, 7) is 19.0. The van der Waals surface area contributed by atoms with Gasteiger partial charge in [0.2, 0.25) is 5.82 Å². The number of ether oxygens (including phenoxy) is 3. The van der Waals surface area contributed by atoms with E-state index in [1.807, 2.05) is 19.9 Å². The van der Waals surface area contributed by atoms with Crippen molar-refractivity contribution in [3.63, 3.8) is 0 Å². The summed E-state index contributed by atoms with van der Waals surface area (Å²) in [6, 6.07) is 2.89. The van der Waals surface area contributed by atoms with Crippen molar-refractivity contribution >= 4 is 46.3 Å². The summed E-state index contributed by atoms with van der Waals surface area (Å²) >= 11 is 0. The fourth-order valence-electron chi connectivity index (χ4n) is 5.48. The van der Waals surface area contributed by atoms with Crippen molar-refractivity contribution in [1.29, 1.82) is 0 Å². The van der Waals surface area contributed by atoms with Crippen LogP contribution in [0.4, 0.5) is 30.3 Å². The van der Waals surface area contributed by atoms with Gasteiger partial charge in [-0.2, -0.15) is 14.4 Å². The highest BCUT2D eigenvalue weighted by atomic mass is 19.1. The molecule has 0 radical (unpaired) electrons. The number of alkyl carbamates (subject to hydrolysis) is 1. The molecule has 1 aliphatic rings. The number of fused-ring (bicyclic) bond motifs is 1. The van der Waals surface area contributed by atoms with Gasteiger partial charge in [0.25, 0.3) is 0 Å². The Morgan fingerprint density at radius 2 is 1.59 bits per heavy atom. The molecule has 0 saturated carbocycles. The average molecular weight is 711 g/mol. The third-order valence-corrected chi connectivity index (χ3v) is 7.45. The molecule has 0 aliphatic heterocycles. The quantitative estimate of drug-likeness (QED) is 0.148. The van der Waals surface area contributed by atoms with Crippen LogP contribution < -0.4 is 10.2 Å². The van der Waals surface area contributed by atoms with Crippen molar-refractivity contribution in [2.45, 2.75) is 124 Å². The number of aromatic nitrogens is 3. The Morgan fingerprint density at radius 1 is 1.00 bits per heavy atom. The summed E-state index contributed by atoms with van der Waals surface area (Å²) in [4.78, 5) is 56.1. The molecular weight excluding hydrogens is 663 g/mol. The molecule has 4 rings (SSSR count). The van der Waals surface area contributed by atoms with Gasteiger partial charge in [0.1, 0.15) is 22.5 Å². The third-order valence-electron chi connectivity index (χ3n) is 7.45. The van der Waals surface area contributed by atoms with Crippen LogP contribution >= 0.6 is 0 Å². The number of allylic oxidation sites excluding steroid dienone is 1. The van der Waals surface area contributed by atoms with Crippen molar-refractivity contribution in [2.75, 3.05) is 4.90 Å². The molecule has 2 heterocycles. The van der Waals surface area contributed by atoms with E-state index in [0.717, 1.165) is 17.7 Å². The molecule has 276 valence electrons. The molecule has 14 nitrogen and oxygen atoms in total. The molecule has 0 fully saturated rings. The highest BCUT2D eigenvalue weighted by molar-refractivity contribution is 6.17. The smallest absolute Gasteiger partial charge is 0.425 e. The van der Waals surface area contributed by atoms with Crippen LogP contribution in [-0.2, 0) is 14.2 Å². The second-order valence-corrected chi connectivity index (χ2v) is 15.7. The first-order chi connectivity index (χ1) is 23.5. The Bertz CT molecular complexity index is 1850. The molecule has 1 aromatic carbocycles. The number of nitro groups is 1. The minimum absolute atomic E-state index is 0.120. The van der Waals surface area contributed by atoms with Gasteiger partial charge in [0, 0.05) is 35.5 Å². The number of hydrogen-bond acceptors (Lipinski definition) is 10. The maximum absolute atomic E-state index is 15.1. The van der Waals surface area contributed by atoms with E-state index < -0.39 is 51.5 Å². The van der Waals surface area contributed by atoms with Crippen LogP contribution in [0.3, 0.4) is 0 Å². The number of nitro benzene ring substituents is 1. The number of hydrogen-bond donors (Lipinski definition) is 1. The zero-order valence-electron chi connectivity index (χ0n) is 31.0. The van der Waals surface area contributed by atoms with Crippen LogP contribution in [0.2, 0.25) is 0 Å². The Labute approximate surface area is 296 Å². The molecule has 3 amide bonds. The van der Waals surface area contributed by atoms with Gasteiger partial charge in [-0.1, -0.05) is 6.08 Å². The number of pyridine rings is 1. The molecule has 1 atom stereocenters. The Balaban J connectivity index is 1.99. The Hall–Kier alpha value is -5.08. The highest BCUT2D eigenvalue weighted by Gasteiger charge is 2.37. The number of anilines is 1. The highest BCUT2D eigenvalue weighted by Crippen LogP contribution is 2.42. The number of nitrogens with one attached hydrogen (secondary N) is 1. The fraction of sp³-hybridized carbons (Fsp3) is 0.528. The molecule has 3 aromatic rings. The second kappa shape index (κ2) is 14.3. The largest absolute Gasteiger partial charge is 0.444 e. The van der Waals surface area contributed by atoms with E-state index in [1.165, 1.54) is 12.3 Å². The predicted octanol–water partition coefficient (Wildman–Crippen LogP) is 8.86. The topological polar surface area (TPSA) is 168 Å². The molecule has 2 aromatic heterocycles. The number of imide groups is 1. The summed E-state index contributed by atoms with van der Waals surface area (Å²) in [5.41, 5.74) is -1.16. The van der Waals surface area contributed by atoms with Crippen LogP contribution in [0, 0.1) is 15.9 Å². The summed E-state index contributed by atoms with van der Waals surface area (Å²) in [6.07, 6.45) is 2.44. The summed E-state index contributed by atoms with van der Waals surface area (Å²) in [5.74, 6) is -1.27. The molecule has 51 heavy (non-hydrogen) atoms. The van der Waals surface area contributed by atoms with Crippen LogP contribution in [-0.4, -0.2) is 60.8 Å². The lowest BCUT2D eigenvalue weighted by Gasteiger charge is -2.29. The third kappa shape index (κ3) is 9.38. The van der Waals surface area contributed by atoms with Crippen LogP contribution in [0.1, 0.15) is 107 Å². The van der Waals surface area contributed by atoms with E-state index in [9.17, 15) is 24.5 Å². The minimum Gasteiger partial charge on any atom is -0.444 e.